The Bertz CT molecular complexity index is 940. The summed E-state index contributed by atoms with van der Waals surface area (Å²) in [5, 5.41) is 18.5. The van der Waals surface area contributed by atoms with Crippen molar-refractivity contribution in [1.82, 2.24) is 9.97 Å². The Kier molecular flexibility index (Phi) is 5.41. The molecule has 1 atom stereocenters. The zero-order valence-electron chi connectivity index (χ0n) is 14.5. The number of methoxy groups -OCH3 is 1. The summed E-state index contributed by atoms with van der Waals surface area (Å²) in [5.41, 5.74) is 3.22. The smallest absolute Gasteiger partial charge is 0.340 e. The summed E-state index contributed by atoms with van der Waals surface area (Å²) < 4.78 is 10.6. The van der Waals surface area contributed by atoms with Crippen LogP contribution < -0.4 is 0 Å². The van der Waals surface area contributed by atoms with Gasteiger partial charge < -0.3 is 19.7 Å². The molecule has 136 valence electrons. The molecular formula is C19H20N2O5. The predicted octanol–water partition coefficient (Wildman–Crippen LogP) is 2.00. The molecule has 1 aromatic heterocycles. The highest BCUT2D eigenvalue weighted by molar-refractivity contribution is 6.04. The molecule has 0 aliphatic carbocycles. The fraction of sp³-hybridized carbons (Fsp3) is 0.316. The van der Waals surface area contributed by atoms with Crippen molar-refractivity contribution in [2.75, 3.05) is 20.3 Å². The number of benzene rings is 2. The number of nitrogens with zero attached hydrogens (tertiary/aromatic N) is 2. The van der Waals surface area contributed by atoms with Gasteiger partial charge >= 0.3 is 5.97 Å². The molecule has 0 spiro atoms. The number of hydrogen-bond donors (Lipinski definition) is 2. The van der Waals surface area contributed by atoms with Crippen molar-refractivity contribution in [3.8, 4) is 0 Å². The molecule has 3 rings (SSSR count). The number of ether oxygens (including phenoxy) is 2. The molecule has 1 heterocycles. The zero-order valence-corrected chi connectivity index (χ0v) is 14.5. The Morgan fingerprint density at radius 3 is 2.31 bits per heavy atom. The number of fused-ring (bicyclic) bond motifs is 2. The van der Waals surface area contributed by atoms with Gasteiger partial charge in [-0.2, -0.15) is 0 Å². The van der Waals surface area contributed by atoms with Crippen molar-refractivity contribution >= 4 is 28.0 Å². The summed E-state index contributed by atoms with van der Waals surface area (Å²) in [7, 11) is 1.30. The topological polar surface area (TPSA) is 102 Å². The highest BCUT2D eigenvalue weighted by Gasteiger charge is 2.24. The molecule has 0 fully saturated rings. The molecule has 7 heteroatoms. The van der Waals surface area contributed by atoms with Crippen LogP contribution in [0.1, 0.15) is 28.9 Å². The first kappa shape index (κ1) is 18.2. The van der Waals surface area contributed by atoms with Crippen LogP contribution in [-0.4, -0.2) is 52.6 Å². The Morgan fingerprint density at radius 2 is 1.69 bits per heavy atom. The van der Waals surface area contributed by atoms with E-state index in [0.29, 0.717) is 22.1 Å². The Balaban J connectivity index is 2.19. The van der Waals surface area contributed by atoms with Crippen molar-refractivity contribution in [2.24, 2.45) is 0 Å². The molecule has 2 aromatic carbocycles. The van der Waals surface area contributed by atoms with E-state index in [1.54, 1.807) is 19.1 Å². The first-order valence-corrected chi connectivity index (χ1v) is 8.24. The molecule has 2 N–H and O–H groups in total. The molecule has 0 saturated heterocycles. The molecule has 0 bridgehead atoms. The number of hydrogen-bond acceptors (Lipinski definition) is 7. The number of carbonyl (C=O) groups excluding carboxylic acids is 1. The number of para-hydroxylation sites is 2. The van der Waals surface area contributed by atoms with E-state index in [1.807, 2.05) is 24.3 Å². The van der Waals surface area contributed by atoms with Gasteiger partial charge in [-0.05, 0) is 30.7 Å². The monoisotopic (exact) mass is 356 g/mol. The number of esters is 1. The lowest BCUT2D eigenvalue weighted by atomic mass is 10.0. The third-order valence-electron chi connectivity index (χ3n) is 4.18. The van der Waals surface area contributed by atoms with Gasteiger partial charge in [0.2, 0.25) is 0 Å². The lowest BCUT2D eigenvalue weighted by Crippen LogP contribution is -2.24. The van der Waals surface area contributed by atoms with Gasteiger partial charge in [-0.1, -0.05) is 18.2 Å². The quantitative estimate of drug-likeness (QED) is 0.514. The third kappa shape index (κ3) is 3.37. The third-order valence-corrected chi connectivity index (χ3v) is 4.18. The second kappa shape index (κ2) is 7.74. The van der Waals surface area contributed by atoms with Crippen molar-refractivity contribution < 1.29 is 24.5 Å². The van der Waals surface area contributed by atoms with Crippen LogP contribution in [0.3, 0.4) is 0 Å². The second-order valence-corrected chi connectivity index (χ2v) is 5.87. The van der Waals surface area contributed by atoms with Gasteiger partial charge in [-0.3, -0.25) is 0 Å². The molecule has 0 saturated carbocycles. The number of aliphatic hydroxyl groups excluding tert-OH is 2. The summed E-state index contributed by atoms with van der Waals surface area (Å²) in [4.78, 5) is 21.6. The van der Waals surface area contributed by atoms with Crippen LogP contribution in [0, 0.1) is 0 Å². The summed E-state index contributed by atoms with van der Waals surface area (Å²) in [5.74, 6) is -0.546. The van der Waals surface area contributed by atoms with E-state index in [0.717, 1.165) is 5.52 Å². The summed E-state index contributed by atoms with van der Waals surface area (Å²) in [6.07, 6.45) is -1.31. The second-order valence-electron chi connectivity index (χ2n) is 5.87. The molecule has 7 nitrogen and oxygen atoms in total. The fourth-order valence-corrected chi connectivity index (χ4v) is 2.86. The first-order chi connectivity index (χ1) is 12.6. The summed E-state index contributed by atoms with van der Waals surface area (Å²) in [6, 6.07) is 10.9. The SMILES string of the molecule is COC(=O)c1c(C(C)OC(CO)CO)ccc2nc3ccccc3nc12. The highest BCUT2D eigenvalue weighted by atomic mass is 16.5. The standard InChI is InChI=1S/C19H20N2O5/c1-11(26-12(9-22)10-23)13-7-8-16-18(17(13)19(24)25-2)21-15-6-4-3-5-14(15)20-16/h3-8,11-12,22-23H,9-10H2,1-2H3. The molecular weight excluding hydrogens is 336 g/mol. The Hall–Kier alpha value is -2.61. The van der Waals surface area contributed by atoms with Crippen LogP contribution in [-0.2, 0) is 9.47 Å². The minimum absolute atomic E-state index is 0.269. The number of carbonyl (C=O) groups is 1. The van der Waals surface area contributed by atoms with E-state index < -0.39 is 18.2 Å². The van der Waals surface area contributed by atoms with Crippen LogP contribution in [0.25, 0.3) is 22.1 Å². The van der Waals surface area contributed by atoms with E-state index in [2.05, 4.69) is 9.97 Å². The average molecular weight is 356 g/mol. The van der Waals surface area contributed by atoms with Gasteiger partial charge in [0.05, 0.1) is 48.5 Å². The molecule has 0 aliphatic rings. The van der Waals surface area contributed by atoms with Crippen LogP contribution in [0.2, 0.25) is 0 Å². The summed E-state index contributed by atoms with van der Waals surface area (Å²) in [6.45, 7) is 1.08. The lowest BCUT2D eigenvalue weighted by molar-refractivity contribution is -0.0579. The van der Waals surface area contributed by atoms with Gasteiger partial charge in [0, 0.05) is 0 Å². The maximum absolute atomic E-state index is 12.5. The van der Waals surface area contributed by atoms with Crippen molar-refractivity contribution in [3.05, 3.63) is 47.5 Å². The Morgan fingerprint density at radius 1 is 1.04 bits per heavy atom. The first-order valence-electron chi connectivity index (χ1n) is 8.24. The molecule has 0 aliphatic heterocycles. The van der Waals surface area contributed by atoms with Gasteiger partial charge in [0.25, 0.3) is 0 Å². The number of aromatic nitrogens is 2. The van der Waals surface area contributed by atoms with Crippen LogP contribution in [0.4, 0.5) is 0 Å². The number of aliphatic hydroxyl groups is 2. The van der Waals surface area contributed by atoms with Crippen molar-refractivity contribution in [3.63, 3.8) is 0 Å². The van der Waals surface area contributed by atoms with E-state index in [9.17, 15) is 15.0 Å². The van der Waals surface area contributed by atoms with Crippen LogP contribution in [0.15, 0.2) is 36.4 Å². The summed E-state index contributed by atoms with van der Waals surface area (Å²) >= 11 is 0. The van der Waals surface area contributed by atoms with Gasteiger partial charge in [-0.15, -0.1) is 0 Å². The van der Waals surface area contributed by atoms with E-state index in [-0.39, 0.29) is 18.8 Å². The fourth-order valence-electron chi connectivity index (χ4n) is 2.86. The predicted molar refractivity (Wildman–Crippen MR) is 95.8 cm³/mol. The van der Waals surface area contributed by atoms with Gasteiger partial charge in [0.1, 0.15) is 11.6 Å². The van der Waals surface area contributed by atoms with Crippen LogP contribution in [0.5, 0.6) is 0 Å². The normalized spacial score (nSPS) is 12.7. The molecule has 0 radical (unpaired) electrons. The minimum atomic E-state index is -0.742. The molecule has 0 amide bonds. The van der Waals surface area contributed by atoms with Crippen molar-refractivity contribution in [1.29, 1.82) is 0 Å². The largest absolute Gasteiger partial charge is 0.465 e. The maximum Gasteiger partial charge on any atom is 0.340 e. The zero-order chi connectivity index (χ0) is 18.7. The van der Waals surface area contributed by atoms with Crippen molar-refractivity contribution in [2.45, 2.75) is 19.1 Å². The van der Waals surface area contributed by atoms with Gasteiger partial charge in [0.15, 0.2) is 0 Å². The Labute approximate surface area is 150 Å². The number of rotatable bonds is 6. The van der Waals surface area contributed by atoms with Crippen LogP contribution >= 0.6 is 0 Å². The van der Waals surface area contributed by atoms with E-state index >= 15 is 0 Å². The average Bonchev–Trinajstić information content (AvgIpc) is 2.68. The maximum atomic E-state index is 12.5. The lowest BCUT2D eigenvalue weighted by Gasteiger charge is -2.21. The molecule has 1 unspecified atom stereocenters. The van der Waals surface area contributed by atoms with Gasteiger partial charge in [-0.25, -0.2) is 14.8 Å². The van der Waals surface area contributed by atoms with E-state index in [4.69, 9.17) is 9.47 Å². The molecule has 26 heavy (non-hydrogen) atoms. The minimum Gasteiger partial charge on any atom is -0.465 e. The highest BCUT2D eigenvalue weighted by Crippen LogP contribution is 2.29. The molecule has 3 aromatic rings. The van der Waals surface area contributed by atoms with E-state index in [1.165, 1.54) is 7.11 Å².